The van der Waals surface area contributed by atoms with Crippen molar-refractivity contribution in [2.75, 3.05) is 13.2 Å². The number of halogens is 1. The van der Waals surface area contributed by atoms with Gasteiger partial charge in [-0.2, -0.15) is 0 Å². The number of carbonyl (C=O) groups is 8. The summed E-state index contributed by atoms with van der Waals surface area (Å²) < 4.78 is 63.4. The SMILES string of the molecule is CC(=O)OC[C@H]1O[C@@H](OC[C@H]2O[C@@H](Sc3ccc(F)cc3)[C@H](N3C(=O)c4ccccc4C3=O)[C@@H](OC(C)=O)[C@@H]2OCc2ccccc2)[C@H](N2C(=O)c3ccccc3C2=O)[C@@H](OC(C)=O)[C@@H]1OC(C)=O. The first-order chi connectivity index (χ1) is 33.1. The standard InChI is InChI=1S/C49H45FN2O16S/c1-25(53)61-23-37-41(64-26(2)54)42(65-27(3)55)38(51-44(57)32-14-8-9-15-33(32)45(51)58)48(67-37)63-24-36-40(62-22-29-12-6-5-7-13-29)43(66-28(4)56)39(49(68-36)69-31-20-18-30(50)19-21-31)52-46(59)34-16-10-11-17-35(34)47(52)60/h5-21,36-43,48-49H,22-24H2,1-4H3/t36-,37-,38-,39-,40-,41-,42-,43-,48-,49+/m1/s1. The van der Waals surface area contributed by atoms with Crippen molar-refractivity contribution in [2.45, 2.75) is 99.6 Å². The largest absolute Gasteiger partial charge is 0.463 e. The van der Waals surface area contributed by atoms with E-state index in [2.05, 4.69) is 0 Å². The number of nitrogens with zero attached hydrogens (tertiary/aromatic N) is 2. The van der Waals surface area contributed by atoms with E-state index in [0.29, 0.717) is 10.5 Å². The van der Waals surface area contributed by atoms with Gasteiger partial charge in [-0.1, -0.05) is 66.4 Å². The Morgan fingerprint density at radius 2 is 1.00 bits per heavy atom. The summed E-state index contributed by atoms with van der Waals surface area (Å²) in [6.07, 6.45) is -10.7. The summed E-state index contributed by atoms with van der Waals surface area (Å²) in [6, 6.07) is 23.2. The number of rotatable bonds is 15. The molecule has 0 spiro atoms. The minimum absolute atomic E-state index is 0.00275. The molecule has 10 atom stereocenters. The van der Waals surface area contributed by atoms with Gasteiger partial charge in [-0.15, -0.1) is 0 Å². The second-order valence-electron chi connectivity index (χ2n) is 16.3. The molecule has 20 heteroatoms. The maximum atomic E-state index is 14.3. The monoisotopic (exact) mass is 968 g/mol. The molecule has 2 saturated heterocycles. The predicted octanol–water partition coefficient (Wildman–Crippen LogP) is 4.66. The van der Waals surface area contributed by atoms with Gasteiger partial charge in [0.15, 0.2) is 24.6 Å². The molecular weight excluding hydrogens is 924 g/mol. The van der Waals surface area contributed by atoms with Gasteiger partial charge in [0.05, 0.1) is 35.5 Å². The Hall–Kier alpha value is -6.84. The number of benzene rings is 4. The Morgan fingerprint density at radius 3 is 1.51 bits per heavy atom. The Morgan fingerprint density at radius 1 is 0.536 bits per heavy atom. The average Bonchev–Trinajstić information content (AvgIpc) is 3.72. The average molecular weight is 969 g/mol. The van der Waals surface area contributed by atoms with E-state index >= 15 is 0 Å². The van der Waals surface area contributed by atoms with Gasteiger partial charge in [-0.05, 0) is 54.1 Å². The zero-order chi connectivity index (χ0) is 49.1. The van der Waals surface area contributed by atoms with Crippen LogP contribution >= 0.6 is 11.8 Å². The van der Waals surface area contributed by atoms with Crippen molar-refractivity contribution in [1.29, 1.82) is 0 Å². The molecule has 2 fully saturated rings. The summed E-state index contributed by atoms with van der Waals surface area (Å²) in [5.74, 6) is -7.00. The molecule has 4 amide bonds. The maximum Gasteiger partial charge on any atom is 0.303 e. The van der Waals surface area contributed by atoms with Crippen molar-refractivity contribution in [1.82, 2.24) is 9.80 Å². The van der Waals surface area contributed by atoms with E-state index in [1.807, 2.05) is 0 Å². The number of amides is 4. The van der Waals surface area contributed by atoms with Gasteiger partial charge < -0.3 is 37.9 Å². The molecular formula is C49H45FN2O16S. The van der Waals surface area contributed by atoms with Gasteiger partial charge in [0, 0.05) is 32.6 Å². The molecule has 8 rings (SSSR count). The lowest BCUT2D eigenvalue weighted by Crippen LogP contribution is -2.68. The van der Waals surface area contributed by atoms with Crippen LogP contribution in [0.3, 0.4) is 0 Å². The highest BCUT2D eigenvalue weighted by Gasteiger charge is 2.59. The summed E-state index contributed by atoms with van der Waals surface area (Å²) in [4.78, 5) is 110. The van der Waals surface area contributed by atoms with Gasteiger partial charge >= 0.3 is 23.9 Å². The Balaban J connectivity index is 1.23. The molecule has 4 heterocycles. The lowest BCUT2D eigenvalue weighted by molar-refractivity contribution is -0.298. The molecule has 0 radical (unpaired) electrons. The fourth-order valence-electron chi connectivity index (χ4n) is 8.78. The van der Waals surface area contributed by atoms with Gasteiger partial charge in [-0.3, -0.25) is 48.2 Å². The minimum Gasteiger partial charge on any atom is -0.463 e. The van der Waals surface area contributed by atoms with Crippen molar-refractivity contribution in [3.8, 4) is 0 Å². The van der Waals surface area contributed by atoms with E-state index in [4.69, 9.17) is 37.9 Å². The van der Waals surface area contributed by atoms with E-state index in [1.54, 1.807) is 54.6 Å². The number of ether oxygens (including phenoxy) is 8. The number of carbonyl (C=O) groups excluding carboxylic acids is 8. The van der Waals surface area contributed by atoms with Crippen LogP contribution in [0.15, 0.2) is 108 Å². The molecule has 0 aromatic heterocycles. The van der Waals surface area contributed by atoms with Gasteiger partial charge in [0.2, 0.25) is 0 Å². The van der Waals surface area contributed by atoms with Crippen LogP contribution in [-0.2, 0) is 63.7 Å². The Labute approximate surface area is 398 Å². The summed E-state index contributed by atoms with van der Waals surface area (Å²) >= 11 is 0.980. The molecule has 4 aliphatic rings. The second kappa shape index (κ2) is 20.8. The molecule has 4 aromatic rings. The number of fused-ring (bicyclic) bond motifs is 2. The third kappa shape index (κ3) is 10.3. The predicted molar refractivity (Wildman–Crippen MR) is 235 cm³/mol. The maximum absolute atomic E-state index is 14.3. The van der Waals surface area contributed by atoms with Crippen molar-refractivity contribution in [3.63, 3.8) is 0 Å². The highest BCUT2D eigenvalue weighted by atomic mass is 32.2. The normalized spacial score (nSPS) is 26.3. The quantitative estimate of drug-likeness (QED) is 0.0899. The zero-order valence-corrected chi connectivity index (χ0v) is 38.2. The third-order valence-corrected chi connectivity index (χ3v) is 12.8. The number of hydrogen-bond acceptors (Lipinski definition) is 17. The number of esters is 4. The molecule has 0 unspecified atom stereocenters. The van der Waals surface area contributed by atoms with Crippen LogP contribution in [0.4, 0.5) is 4.39 Å². The van der Waals surface area contributed by atoms with Gasteiger partial charge in [0.25, 0.3) is 23.6 Å². The van der Waals surface area contributed by atoms with Crippen molar-refractivity contribution in [2.24, 2.45) is 0 Å². The number of thioether (sulfide) groups is 1. The topological polar surface area (TPSA) is 217 Å². The smallest absolute Gasteiger partial charge is 0.303 e. The van der Waals surface area contributed by atoms with E-state index in [1.165, 1.54) is 48.5 Å². The summed E-state index contributed by atoms with van der Waals surface area (Å²) in [5, 5.41) is 0. The fraction of sp³-hybridized carbons (Fsp3) is 0.347. The summed E-state index contributed by atoms with van der Waals surface area (Å²) in [5.41, 5.74) is -0.452. The van der Waals surface area contributed by atoms with Crippen LogP contribution < -0.4 is 0 Å². The second-order valence-corrected chi connectivity index (χ2v) is 17.5. The molecule has 0 saturated carbocycles. The van der Waals surface area contributed by atoms with Crippen molar-refractivity contribution < 1.29 is 80.6 Å². The first-order valence-electron chi connectivity index (χ1n) is 21.7. The van der Waals surface area contributed by atoms with Crippen LogP contribution in [0.2, 0.25) is 0 Å². The molecule has 4 aliphatic heterocycles. The molecule has 18 nitrogen and oxygen atoms in total. The zero-order valence-electron chi connectivity index (χ0n) is 37.4. The lowest BCUT2D eigenvalue weighted by atomic mass is 9.94. The van der Waals surface area contributed by atoms with Crippen LogP contribution in [0.25, 0.3) is 0 Å². The first kappa shape index (κ1) is 48.6. The third-order valence-electron chi connectivity index (χ3n) is 11.6. The van der Waals surface area contributed by atoms with Crippen LogP contribution in [0.5, 0.6) is 0 Å². The Bertz CT molecular complexity index is 2580. The summed E-state index contributed by atoms with van der Waals surface area (Å²) in [6.45, 7) is 3.05. The van der Waals surface area contributed by atoms with Crippen molar-refractivity contribution in [3.05, 3.63) is 137 Å². The number of imide groups is 2. The molecule has 69 heavy (non-hydrogen) atoms. The van der Waals surface area contributed by atoms with E-state index in [9.17, 15) is 42.7 Å². The first-order valence-corrected chi connectivity index (χ1v) is 22.6. The van der Waals surface area contributed by atoms with Crippen LogP contribution in [-0.4, -0.2) is 131 Å². The van der Waals surface area contributed by atoms with Gasteiger partial charge in [0.1, 0.15) is 48.3 Å². The Kier molecular flexibility index (Phi) is 14.7. The van der Waals surface area contributed by atoms with E-state index in [0.717, 1.165) is 49.3 Å². The van der Waals surface area contributed by atoms with Crippen LogP contribution in [0.1, 0.15) is 74.7 Å². The molecule has 0 N–H and O–H groups in total. The highest BCUT2D eigenvalue weighted by molar-refractivity contribution is 7.99. The van der Waals surface area contributed by atoms with Gasteiger partial charge in [-0.25, -0.2) is 4.39 Å². The lowest BCUT2D eigenvalue weighted by Gasteiger charge is -2.49. The number of hydrogen-bond donors (Lipinski definition) is 0. The van der Waals surface area contributed by atoms with Crippen LogP contribution in [0, 0.1) is 5.82 Å². The molecule has 4 aromatic carbocycles. The summed E-state index contributed by atoms with van der Waals surface area (Å²) in [7, 11) is 0. The minimum atomic E-state index is -1.79. The highest BCUT2D eigenvalue weighted by Crippen LogP contribution is 2.42. The van der Waals surface area contributed by atoms with Crippen molar-refractivity contribution >= 4 is 59.3 Å². The molecule has 0 aliphatic carbocycles. The molecule has 360 valence electrons. The van der Waals surface area contributed by atoms with E-state index in [-0.39, 0.29) is 28.9 Å². The fourth-order valence-corrected chi connectivity index (χ4v) is 9.95. The van der Waals surface area contributed by atoms with E-state index < -0.39 is 127 Å². The molecule has 0 bridgehead atoms.